The maximum Gasteiger partial charge on any atom is 0.169 e. The first-order chi connectivity index (χ1) is 9.26. The number of hydrogen-bond acceptors (Lipinski definition) is 3. The Bertz CT molecular complexity index is 552. The van der Waals surface area contributed by atoms with E-state index in [1.165, 1.54) is 0 Å². The van der Waals surface area contributed by atoms with Crippen LogP contribution in [0.1, 0.15) is 28.8 Å². The van der Waals surface area contributed by atoms with Crippen LogP contribution in [-0.2, 0) is 24.5 Å². The Morgan fingerprint density at radius 2 is 2.11 bits per heavy atom. The highest BCUT2D eigenvalue weighted by Crippen LogP contribution is 2.17. The molecule has 0 saturated carbocycles. The first-order valence-corrected chi connectivity index (χ1v) is 6.87. The Morgan fingerprint density at radius 3 is 2.74 bits per heavy atom. The van der Waals surface area contributed by atoms with Crippen molar-refractivity contribution in [3.8, 4) is 0 Å². The predicted molar refractivity (Wildman–Crippen MR) is 75.9 cm³/mol. The Balaban J connectivity index is 2.05. The van der Waals surface area contributed by atoms with Crippen molar-refractivity contribution >= 4 is 22.2 Å². The highest BCUT2D eigenvalue weighted by Gasteiger charge is 2.13. The summed E-state index contributed by atoms with van der Waals surface area (Å²) in [6.07, 6.45) is 1.54. The lowest BCUT2D eigenvalue weighted by atomic mass is 10.2. The Kier molecular flexibility index (Phi) is 4.87. The summed E-state index contributed by atoms with van der Waals surface area (Å²) in [7, 11) is 0. The molecule has 0 fully saturated rings. The molecule has 0 unspecified atom stereocenters. The smallest absolute Gasteiger partial charge is 0.169 e. The lowest BCUT2D eigenvalue weighted by Gasteiger charge is -2.09. The minimum absolute atomic E-state index is 0.324. The highest BCUT2D eigenvalue weighted by atomic mass is 79.9. The van der Waals surface area contributed by atoms with Crippen LogP contribution in [0.2, 0.25) is 0 Å². The van der Waals surface area contributed by atoms with Crippen LogP contribution >= 0.6 is 15.9 Å². The molecule has 0 N–H and O–H groups in total. The van der Waals surface area contributed by atoms with E-state index in [1.807, 2.05) is 37.3 Å². The third kappa shape index (κ3) is 3.30. The second-order valence-corrected chi connectivity index (χ2v) is 4.82. The molecule has 0 amide bonds. The minimum Gasteiger partial charge on any atom is -0.356 e. The van der Waals surface area contributed by atoms with Crippen molar-refractivity contribution in [2.75, 3.05) is 0 Å². The van der Waals surface area contributed by atoms with Gasteiger partial charge < -0.3 is 9.30 Å². The highest BCUT2D eigenvalue weighted by molar-refractivity contribution is 9.10. The van der Waals surface area contributed by atoms with Crippen LogP contribution in [0.4, 0.5) is 0 Å². The molecule has 0 radical (unpaired) electrons. The lowest BCUT2D eigenvalue weighted by Crippen LogP contribution is -2.09. The quantitative estimate of drug-likeness (QED) is 0.767. The number of ether oxygens (including phenoxy) is 1. The monoisotopic (exact) mass is 322 g/mol. The number of hydrogen-bond donors (Lipinski definition) is 0. The van der Waals surface area contributed by atoms with Crippen LogP contribution in [0.5, 0.6) is 0 Å². The van der Waals surface area contributed by atoms with E-state index < -0.39 is 0 Å². The largest absolute Gasteiger partial charge is 0.356 e. The summed E-state index contributed by atoms with van der Waals surface area (Å²) in [6.45, 7) is 2.83. The van der Waals surface area contributed by atoms with Gasteiger partial charge in [0.05, 0.1) is 6.61 Å². The van der Waals surface area contributed by atoms with Crippen LogP contribution in [0.3, 0.4) is 0 Å². The van der Waals surface area contributed by atoms with Gasteiger partial charge in [-0.05, 0) is 21.5 Å². The van der Waals surface area contributed by atoms with Crippen LogP contribution in [0.15, 0.2) is 34.9 Å². The van der Waals surface area contributed by atoms with Gasteiger partial charge in [0.25, 0.3) is 0 Å². The molecular weight excluding hydrogens is 308 g/mol. The van der Waals surface area contributed by atoms with E-state index in [4.69, 9.17) is 4.74 Å². The molecule has 0 saturated heterocycles. The van der Waals surface area contributed by atoms with Crippen molar-refractivity contribution in [3.05, 3.63) is 52.0 Å². The zero-order valence-electron chi connectivity index (χ0n) is 10.7. The van der Waals surface area contributed by atoms with Crippen LogP contribution in [-0.4, -0.2) is 15.8 Å². The molecule has 0 spiro atoms. The third-order valence-corrected chi connectivity index (χ3v) is 3.38. The number of aldehydes is 1. The van der Waals surface area contributed by atoms with Gasteiger partial charge in [-0.25, -0.2) is 4.98 Å². The number of aromatic nitrogens is 2. The molecule has 0 aliphatic rings. The molecule has 4 nitrogen and oxygen atoms in total. The molecule has 1 heterocycles. The summed E-state index contributed by atoms with van der Waals surface area (Å²) in [4.78, 5) is 15.4. The standard InChI is InChI=1S/C14H15BrN2O2/c1-2-13-16-14(15)12(8-18)17(13)10-19-9-11-6-4-3-5-7-11/h3-8H,2,9-10H2,1H3. The van der Waals surface area contributed by atoms with E-state index in [1.54, 1.807) is 4.57 Å². The number of imidazole rings is 1. The Labute approximate surface area is 120 Å². The van der Waals surface area contributed by atoms with E-state index in [2.05, 4.69) is 20.9 Å². The van der Waals surface area contributed by atoms with Crippen LogP contribution in [0, 0.1) is 0 Å². The Morgan fingerprint density at radius 1 is 1.37 bits per heavy atom. The summed E-state index contributed by atoms with van der Waals surface area (Å²) in [5, 5.41) is 0. The molecule has 2 rings (SSSR count). The van der Waals surface area contributed by atoms with Crippen molar-refractivity contribution in [3.63, 3.8) is 0 Å². The number of nitrogens with zero attached hydrogens (tertiary/aromatic N) is 2. The molecule has 5 heteroatoms. The molecule has 100 valence electrons. The van der Waals surface area contributed by atoms with Gasteiger partial charge in [-0.1, -0.05) is 37.3 Å². The van der Waals surface area contributed by atoms with E-state index in [0.29, 0.717) is 23.6 Å². The topological polar surface area (TPSA) is 44.1 Å². The molecule has 0 aliphatic carbocycles. The second-order valence-electron chi connectivity index (χ2n) is 4.07. The molecule has 0 atom stereocenters. The summed E-state index contributed by atoms with van der Waals surface area (Å²) < 4.78 is 8.01. The number of benzene rings is 1. The van der Waals surface area contributed by atoms with Crippen LogP contribution in [0.25, 0.3) is 0 Å². The first kappa shape index (κ1) is 14.0. The Hall–Kier alpha value is -1.46. The van der Waals surface area contributed by atoms with Gasteiger partial charge in [0, 0.05) is 6.42 Å². The number of carbonyl (C=O) groups excluding carboxylic acids is 1. The third-order valence-electron chi connectivity index (χ3n) is 2.80. The fraction of sp³-hybridized carbons (Fsp3) is 0.286. The average molecular weight is 323 g/mol. The van der Waals surface area contributed by atoms with Gasteiger partial charge in [0.1, 0.15) is 22.9 Å². The SMILES string of the molecule is CCc1nc(Br)c(C=O)n1COCc1ccccc1. The fourth-order valence-electron chi connectivity index (χ4n) is 1.84. The maximum atomic E-state index is 11.1. The zero-order valence-corrected chi connectivity index (χ0v) is 12.3. The average Bonchev–Trinajstić information content (AvgIpc) is 2.75. The van der Waals surface area contributed by atoms with Crippen molar-refractivity contribution in [2.45, 2.75) is 26.7 Å². The van der Waals surface area contributed by atoms with Gasteiger partial charge in [-0.15, -0.1) is 0 Å². The molecule has 19 heavy (non-hydrogen) atoms. The summed E-state index contributed by atoms with van der Waals surface area (Å²) in [5.74, 6) is 0.835. The number of aryl methyl sites for hydroxylation is 1. The zero-order chi connectivity index (χ0) is 13.7. The van der Waals surface area contributed by atoms with Gasteiger partial charge in [0.2, 0.25) is 0 Å². The van der Waals surface area contributed by atoms with Crippen LogP contribution < -0.4 is 0 Å². The van der Waals surface area contributed by atoms with Crippen molar-refractivity contribution < 1.29 is 9.53 Å². The summed E-state index contributed by atoms with van der Waals surface area (Å²) >= 11 is 3.29. The van der Waals surface area contributed by atoms with E-state index in [0.717, 1.165) is 24.1 Å². The number of rotatable bonds is 6. The summed E-state index contributed by atoms with van der Waals surface area (Å²) in [5.41, 5.74) is 1.62. The van der Waals surface area contributed by atoms with Crippen molar-refractivity contribution in [2.24, 2.45) is 0 Å². The lowest BCUT2D eigenvalue weighted by molar-refractivity contribution is 0.0603. The molecule has 1 aromatic carbocycles. The van der Waals surface area contributed by atoms with Gasteiger partial charge >= 0.3 is 0 Å². The van der Waals surface area contributed by atoms with Gasteiger partial charge in [-0.3, -0.25) is 4.79 Å². The second kappa shape index (κ2) is 6.63. The van der Waals surface area contributed by atoms with Gasteiger partial charge in [0.15, 0.2) is 6.29 Å². The van der Waals surface area contributed by atoms with E-state index in [9.17, 15) is 4.79 Å². The summed E-state index contributed by atoms with van der Waals surface area (Å²) in [6, 6.07) is 9.92. The fourth-order valence-corrected chi connectivity index (χ4v) is 2.35. The first-order valence-electron chi connectivity index (χ1n) is 6.08. The molecule has 0 bridgehead atoms. The number of halogens is 1. The van der Waals surface area contributed by atoms with Crippen molar-refractivity contribution in [1.29, 1.82) is 0 Å². The maximum absolute atomic E-state index is 11.1. The van der Waals surface area contributed by atoms with Gasteiger partial charge in [-0.2, -0.15) is 0 Å². The molecule has 2 aromatic rings. The molecule has 1 aromatic heterocycles. The normalized spacial score (nSPS) is 10.6. The van der Waals surface area contributed by atoms with Crippen molar-refractivity contribution in [1.82, 2.24) is 9.55 Å². The molecule has 0 aliphatic heterocycles. The number of carbonyl (C=O) groups is 1. The van der Waals surface area contributed by atoms with E-state index in [-0.39, 0.29) is 0 Å². The minimum atomic E-state index is 0.324. The van der Waals surface area contributed by atoms with E-state index >= 15 is 0 Å². The molecular formula is C14H15BrN2O2. The predicted octanol–water partition coefficient (Wildman–Crippen LogP) is 3.19.